The summed E-state index contributed by atoms with van der Waals surface area (Å²) in [6.07, 6.45) is 0. The first-order chi connectivity index (χ1) is 5.86. The van der Waals surface area contributed by atoms with Crippen LogP contribution in [0.15, 0.2) is 11.1 Å². The fraction of sp³-hybridized carbons (Fsp3) is 0.600. The Morgan fingerprint density at radius 2 is 1.92 bits per heavy atom. The van der Waals surface area contributed by atoms with Gasteiger partial charge >= 0.3 is 5.97 Å². The topological polar surface area (TPSA) is 40.5 Å². The highest BCUT2D eigenvalue weighted by Gasteiger charge is 2.12. The van der Waals surface area contributed by atoms with E-state index in [1.54, 1.807) is 6.92 Å². The summed E-state index contributed by atoms with van der Waals surface area (Å²) in [6.45, 7) is 8.13. The van der Waals surface area contributed by atoms with Crippen molar-refractivity contribution in [3.63, 3.8) is 0 Å². The highest BCUT2D eigenvalue weighted by molar-refractivity contribution is 5.86. The van der Waals surface area contributed by atoms with Crippen LogP contribution in [0.4, 0.5) is 0 Å². The molecular formula is C10H18NO2. The van der Waals surface area contributed by atoms with E-state index < -0.39 is 5.97 Å². The number of carboxylic acids is 1. The normalized spacial score (nSPS) is 15.5. The average molecular weight is 184 g/mol. The smallest absolute Gasteiger partial charge is 0.331 e. The Kier molecular flexibility index (Phi) is 4.70. The van der Waals surface area contributed by atoms with Gasteiger partial charge in [0.2, 0.25) is 0 Å². The summed E-state index contributed by atoms with van der Waals surface area (Å²) >= 11 is 0. The molecule has 0 aromatic heterocycles. The van der Waals surface area contributed by atoms with Crippen LogP contribution in [0.5, 0.6) is 0 Å². The van der Waals surface area contributed by atoms with Crippen LogP contribution in [0.3, 0.4) is 0 Å². The van der Waals surface area contributed by atoms with E-state index in [1.807, 2.05) is 25.9 Å². The van der Waals surface area contributed by atoms with Crippen LogP contribution in [0.1, 0.15) is 13.8 Å². The lowest BCUT2D eigenvalue weighted by Crippen LogP contribution is -2.21. The van der Waals surface area contributed by atoms with Crippen molar-refractivity contribution in [3.05, 3.63) is 18.1 Å². The van der Waals surface area contributed by atoms with E-state index in [2.05, 4.69) is 6.92 Å². The molecule has 75 valence electrons. The third-order valence-corrected chi connectivity index (χ3v) is 2.11. The zero-order chi connectivity index (χ0) is 10.6. The van der Waals surface area contributed by atoms with E-state index in [4.69, 9.17) is 5.11 Å². The Morgan fingerprint density at radius 3 is 2.23 bits per heavy atom. The standard InChI is InChI=1S/C10H18NO2/c1-7(6-11(4)5)8(2)9(3)10(12)13/h7H,1,6H2,2-5H3,(H,12,13). The number of carbonyl (C=O) groups is 1. The molecule has 0 fully saturated rings. The van der Waals surface area contributed by atoms with E-state index in [-0.39, 0.29) is 5.92 Å². The number of hydrogen-bond donors (Lipinski definition) is 1. The molecule has 3 nitrogen and oxygen atoms in total. The average Bonchev–Trinajstić information content (AvgIpc) is 2.00. The molecule has 0 bridgehead atoms. The zero-order valence-corrected chi connectivity index (χ0v) is 8.79. The molecule has 1 unspecified atom stereocenters. The second kappa shape index (κ2) is 5.02. The third kappa shape index (κ3) is 4.08. The van der Waals surface area contributed by atoms with Crippen LogP contribution >= 0.6 is 0 Å². The molecule has 0 aromatic carbocycles. The molecule has 0 amide bonds. The van der Waals surface area contributed by atoms with Crippen molar-refractivity contribution in [2.24, 2.45) is 5.92 Å². The monoisotopic (exact) mass is 184 g/mol. The molecule has 0 aromatic rings. The van der Waals surface area contributed by atoms with Gasteiger partial charge in [-0.15, -0.1) is 0 Å². The Bertz CT molecular complexity index is 219. The molecule has 1 radical (unpaired) electrons. The molecule has 0 saturated heterocycles. The minimum atomic E-state index is -0.857. The van der Waals surface area contributed by atoms with Crippen molar-refractivity contribution < 1.29 is 9.90 Å². The molecule has 0 rings (SSSR count). The fourth-order valence-corrected chi connectivity index (χ4v) is 1.05. The lowest BCUT2D eigenvalue weighted by molar-refractivity contribution is -0.132. The van der Waals surface area contributed by atoms with Crippen molar-refractivity contribution in [2.45, 2.75) is 13.8 Å². The highest BCUT2D eigenvalue weighted by atomic mass is 16.4. The first-order valence-electron chi connectivity index (χ1n) is 4.24. The summed E-state index contributed by atoms with van der Waals surface area (Å²) < 4.78 is 0. The van der Waals surface area contributed by atoms with Crippen molar-refractivity contribution >= 4 is 5.97 Å². The summed E-state index contributed by atoms with van der Waals surface area (Å²) in [5, 5.41) is 8.74. The molecular weight excluding hydrogens is 166 g/mol. The molecule has 0 aliphatic carbocycles. The summed E-state index contributed by atoms with van der Waals surface area (Å²) in [7, 11) is 3.89. The van der Waals surface area contributed by atoms with E-state index in [9.17, 15) is 4.79 Å². The molecule has 0 saturated carbocycles. The third-order valence-electron chi connectivity index (χ3n) is 2.11. The maximum Gasteiger partial charge on any atom is 0.331 e. The molecule has 1 N–H and O–H groups in total. The second-order valence-corrected chi connectivity index (χ2v) is 3.57. The predicted octanol–water partition coefficient (Wildman–Crippen LogP) is 1.42. The van der Waals surface area contributed by atoms with E-state index >= 15 is 0 Å². The van der Waals surface area contributed by atoms with Gasteiger partial charge in [0.1, 0.15) is 0 Å². The van der Waals surface area contributed by atoms with E-state index in [1.165, 1.54) is 0 Å². The van der Waals surface area contributed by atoms with Crippen molar-refractivity contribution in [1.29, 1.82) is 0 Å². The molecule has 1 atom stereocenters. The second-order valence-electron chi connectivity index (χ2n) is 3.57. The maximum atomic E-state index is 10.6. The number of carboxylic acid groups (broad SMARTS) is 1. The minimum Gasteiger partial charge on any atom is -0.478 e. The van der Waals surface area contributed by atoms with Crippen molar-refractivity contribution in [2.75, 3.05) is 20.6 Å². The van der Waals surface area contributed by atoms with Gasteiger partial charge in [0.15, 0.2) is 0 Å². The number of aliphatic carboxylic acids is 1. The Labute approximate surface area is 80.0 Å². The Balaban J connectivity index is 4.48. The van der Waals surface area contributed by atoms with Crippen LogP contribution in [0.2, 0.25) is 0 Å². The lowest BCUT2D eigenvalue weighted by Gasteiger charge is -2.18. The van der Waals surface area contributed by atoms with Gasteiger partial charge in [-0.25, -0.2) is 4.79 Å². The first kappa shape index (κ1) is 12.2. The minimum absolute atomic E-state index is 0.0473. The lowest BCUT2D eigenvalue weighted by atomic mass is 9.97. The highest BCUT2D eigenvalue weighted by Crippen LogP contribution is 2.14. The molecule has 0 aliphatic heterocycles. The quantitative estimate of drug-likeness (QED) is 0.672. The van der Waals surface area contributed by atoms with Gasteiger partial charge in [-0.05, 0) is 40.8 Å². The zero-order valence-electron chi connectivity index (χ0n) is 8.79. The van der Waals surface area contributed by atoms with Crippen LogP contribution in [0, 0.1) is 12.8 Å². The Morgan fingerprint density at radius 1 is 1.46 bits per heavy atom. The summed E-state index contributed by atoms with van der Waals surface area (Å²) in [4.78, 5) is 12.6. The van der Waals surface area contributed by atoms with Crippen LogP contribution in [-0.4, -0.2) is 36.6 Å². The van der Waals surface area contributed by atoms with Crippen LogP contribution in [0.25, 0.3) is 0 Å². The molecule has 0 aliphatic rings. The SMILES string of the molecule is [CH2]C(CN(C)C)C(C)=C(C)C(=O)O. The number of nitrogens with zero attached hydrogens (tertiary/aromatic N) is 1. The molecule has 0 spiro atoms. The number of hydrogen-bond acceptors (Lipinski definition) is 2. The van der Waals surface area contributed by atoms with Gasteiger partial charge in [0, 0.05) is 12.1 Å². The molecule has 13 heavy (non-hydrogen) atoms. The van der Waals surface area contributed by atoms with Gasteiger partial charge in [-0.3, -0.25) is 0 Å². The van der Waals surface area contributed by atoms with Gasteiger partial charge in [-0.2, -0.15) is 0 Å². The van der Waals surface area contributed by atoms with Gasteiger partial charge in [0.25, 0.3) is 0 Å². The van der Waals surface area contributed by atoms with Crippen molar-refractivity contribution in [1.82, 2.24) is 4.90 Å². The first-order valence-corrected chi connectivity index (χ1v) is 4.24. The number of rotatable bonds is 4. The van der Waals surface area contributed by atoms with E-state index in [0.717, 1.165) is 12.1 Å². The predicted molar refractivity (Wildman–Crippen MR) is 53.4 cm³/mol. The van der Waals surface area contributed by atoms with Gasteiger partial charge in [-0.1, -0.05) is 5.57 Å². The van der Waals surface area contributed by atoms with Crippen LogP contribution < -0.4 is 0 Å². The van der Waals surface area contributed by atoms with Gasteiger partial charge < -0.3 is 10.0 Å². The summed E-state index contributed by atoms with van der Waals surface area (Å²) in [5.41, 5.74) is 1.25. The van der Waals surface area contributed by atoms with Gasteiger partial charge in [0.05, 0.1) is 0 Å². The van der Waals surface area contributed by atoms with E-state index in [0.29, 0.717) is 5.57 Å². The molecule has 3 heteroatoms. The fourth-order valence-electron chi connectivity index (χ4n) is 1.05. The summed E-state index contributed by atoms with van der Waals surface area (Å²) in [6, 6.07) is 0. The Hall–Kier alpha value is -0.830. The molecule has 0 heterocycles. The maximum absolute atomic E-state index is 10.6. The van der Waals surface area contributed by atoms with Crippen LogP contribution in [-0.2, 0) is 4.79 Å². The van der Waals surface area contributed by atoms with Crippen molar-refractivity contribution in [3.8, 4) is 0 Å². The largest absolute Gasteiger partial charge is 0.478 e. The summed E-state index contributed by atoms with van der Waals surface area (Å²) in [5.74, 6) is -0.809.